The van der Waals surface area contributed by atoms with E-state index in [9.17, 15) is 0 Å². The van der Waals surface area contributed by atoms with Crippen LogP contribution in [-0.4, -0.2) is 54.4 Å². The van der Waals surface area contributed by atoms with Crippen molar-refractivity contribution in [1.82, 2.24) is 20.0 Å². The summed E-state index contributed by atoms with van der Waals surface area (Å²) in [7, 11) is 5.77. The second-order valence-corrected chi connectivity index (χ2v) is 6.66. The van der Waals surface area contributed by atoms with E-state index in [-0.39, 0.29) is 24.0 Å². The Morgan fingerprint density at radius 2 is 1.96 bits per heavy atom. The molecular formula is C19H29ClIN5O. The maximum Gasteiger partial charge on any atom is 0.193 e. The van der Waals surface area contributed by atoms with Gasteiger partial charge in [-0.25, -0.2) is 0 Å². The number of nitrogens with one attached hydrogen (secondary N) is 1. The maximum atomic E-state index is 5.88. The highest BCUT2D eigenvalue weighted by atomic mass is 127. The SMILES string of the molecule is CN=C(NCCc1c(C)nn(C)c1C)N(C)CCOc1ccc(Cl)cc1.I. The Morgan fingerprint density at radius 1 is 1.30 bits per heavy atom. The molecule has 0 aliphatic rings. The summed E-state index contributed by atoms with van der Waals surface area (Å²) < 4.78 is 7.67. The van der Waals surface area contributed by atoms with E-state index < -0.39 is 0 Å². The zero-order chi connectivity index (χ0) is 19.1. The Morgan fingerprint density at radius 3 is 2.52 bits per heavy atom. The zero-order valence-corrected chi connectivity index (χ0v) is 19.7. The third-order valence-corrected chi connectivity index (χ3v) is 4.65. The number of hydrogen-bond donors (Lipinski definition) is 1. The molecule has 0 radical (unpaired) electrons. The van der Waals surface area contributed by atoms with E-state index in [2.05, 4.69) is 34.2 Å². The second-order valence-electron chi connectivity index (χ2n) is 6.22. The minimum atomic E-state index is 0. The Balaban J connectivity index is 0.00000364. The molecule has 6 nitrogen and oxygen atoms in total. The van der Waals surface area contributed by atoms with Gasteiger partial charge < -0.3 is 15.0 Å². The minimum absolute atomic E-state index is 0. The van der Waals surface area contributed by atoms with Gasteiger partial charge >= 0.3 is 0 Å². The molecular weight excluding hydrogens is 477 g/mol. The molecule has 1 aromatic heterocycles. The number of ether oxygens (including phenoxy) is 1. The first-order valence-corrected chi connectivity index (χ1v) is 9.09. The summed E-state index contributed by atoms with van der Waals surface area (Å²) >= 11 is 5.88. The summed E-state index contributed by atoms with van der Waals surface area (Å²) in [5.74, 6) is 1.66. The Bertz CT molecular complexity index is 745. The van der Waals surface area contributed by atoms with Crippen LogP contribution in [0.5, 0.6) is 5.75 Å². The average Bonchev–Trinajstić information content (AvgIpc) is 2.86. The molecule has 0 atom stereocenters. The van der Waals surface area contributed by atoms with Crippen LogP contribution in [0.2, 0.25) is 5.02 Å². The molecule has 1 aromatic carbocycles. The number of aryl methyl sites for hydroxylation is 2. The third kappa shape index (κ3) is 6.88. The topological polar surface area (TPSA) is 54.7 Å². The number of rotatable bonds is 7. The third-order valence-electron chi connectivity index (χ3n) is 4.40. The fraction of sp³-hybridized carbons (Fsp3) is 0.474. The van der Waals surface area contributed by atoms with Gasteiger partial charge in [0.1, 0.15) is 12.4 Å². The molecule has 0 aliphatic heterocycles. The predicted molar refractivity (Wildman–Crippen MR) is 123 cm³/mol. The molecule has 0 saturated carbocycles. The molecule has 0 unspecified atom stereocenters. The molecule has 0 spiro atoms. The smallest absolute Gasteiger partial charge is 0.193 e. The normalized spacial score (nSPS) is 11.1. The van der Waals surface area contributed by atoms with E-state index in [1.807, 2.05) is 43.0 Å². The molecule has 2 rings (SSSR count). The van der Waals surface area contributed by atoms with Crippen molar-refractivity contribution >= 4 is 41.5 Å². The molecule has 27 heavy (non-hydrogen) atoms. The molecule has 0 fully saturated rings. The lowest BCUT2D eigenvalue weighted by Gasteiger charge is -2.22. The highest BCUT2D eigenvalue weighted by Gasteiger charge is 2.10. The van der Waals surface area contributed by atoms with Gasteiger partial charge in [0.05, 0.1) is 12.2 Å². The monoisotopic (exact) mass is 505 g/mol. The molecule has 2 aromatic rings. The van der Waals surface area contributed by atoms with Crippen LogP contribution in [0.25, 0.3) is 0 Å². The molecule has 0 bridgehead atoms. The number of benzene rings is 1. The molecule has 0 aliphatic carbocycles. The van der Waals surface area contributed by atoms with Gasteiger partial charge in [-0.1, -0.05) is 11.6 Å². The maximum absolute atomic E-state index is 5.88. The highest BCUT2D eigenvalue weighted by molar-refractivity contribution is 14.0. The van der Waals surface area contributed by atoms with Crippen LogP contribution in [0.1, 0.15) is 17.0 Å². The summed E-state index contributed by atoms with van der Waals surface area (Å²) in [6, 6.07) is 7.38. The Labute approximate surface area is 184 Å². The van der Waals surface area contributed by atoms with Crippen LogP contribution in [0.3, 0.4) is 0 Å². The van der Waals surface area contributed by atoms with Crippen LogP contribution in [0.4, 0.5) is 0 Å². The number of hydrogen-bond acceptors (Lipinski definition) is 3. The summed E-state index contributed by atoms with van der Waals surface area (Å²) in [5, 5.41) is 8.57. The lowest BCUT2D eigenvalue weighted by Crippen LogP contribution is -2.41. The van der Waals surface area contributed by atoms with Gasteiger partial charge in [-0.05, 0) is 50.1 Å². The number of aromatic nitrogens is 2. The van der Waals surface area contributed by atoms with Crippen LogP contribution in [0.15, 0.2) is 29.3 Å². The van der Waals surface area contributed by atoms with E-state index >= 15 is 0 Å². The number of likely N-dealkylation sites (N-methyl/N-ethyl adjacent to an activating group) is 1. The lowest BCUT2D eigenvalue weighted by atomic mass is 10.1. The predicted octanol–water partition coefficient (Wildman–Crippen LogP) is 3.44. The fourth-order valence-corrected chi connectivity index (χ4v) is 2.93. The summed E-state index contributed by atoms with van der Waals surface area (Å²) in [4.78, 5) is 6.40. The summed E-state index contributed by atoms with van der Waals surface area (Å²) in [5.41, 5.74) is 3.60. The van der Waals surface area contributed by atoms with Gasteiger partial charge in [-0.3, -0.25) is 9.67 Å². The molecule has 1 N–H and O–H groups in total. The van der Waals surface area contributed by atoms with Crippen molar-refractivity contribution in [3.63, 3.8) is 0 Å². The zero-order valence-electron chi connectivity index (χ0n) is 16.6. The van der Waals surface area contributed by atoms with E-state index in [1.165, 1.54) is 11.3 Å². The number of guanidine groups is 1. The summed E-state index contributed by atoms with van der Waals surface area (Å²) in [6.45, 7) is 6.26. The first-order valence-electron chi connectivity index (χ1n) is 8.71. The average molecular weight is 506 g/mol. The van der Waals surface area contributed by atoms with Gasteiger partial charge in [0.25, 0.3) is 0 Å². The van der Waals surface area contributed by atoms with E-state index in [1.54, 1.807) is 7.05 Å². The van der Waals surface area contributed by atoms with Crippen LogP contribution in [0, 0.1) is 13.8 Å². The fourth-order valence-electron chi connectivity index (χ4n) is 2.80. The van der Waals surface area contributed by atoms with Crippen molar-refractivity contribution in [2.75, 3.05) is 33.8 Å². The second kappa shape index (κ2) is 11.4. The number of aliphatic imine (C=N–C) groups is 1. The van der Waals surface area contributed by atoms with Gasteiger partial charge in [-0.15, -0.1) is 24.0 Å². The van der Waals surface area contributed by atoms with E-state index in [4.69, 9.17) is 16.3 Å². The van der Waals surface area contributed by atoms with Crippen LogP contribution in [-0.2, 0) is 13.5 Å². The van der Waals surface area contributed by atoms with Gasteiger partial charge in [0.2, 0.25) is 0 Å². The number of nitrogens with zero attached hydrogens (tertiary/aromatic N) is 4. The van der Waals surface area contributed by atoms with Crippen molar-refractivity contribution in [2.24, 2.45) is 12.0 Å². The highest BCUT2D eigenvalue weighted by Crippen LogP contribution is 2.15. The van der Waals surface area contributed by atoms with Crippen molar-refractivity contribution < 1.29 is 4.74 Å². The van der Waals surface area contributed by atoms with Crippen LogP contribution < -0.4 is 10.1 Å². The largest absolute Gasteiger partial charge is 0.492 e. The molecule has 1 heterocycles. The minimum Gasteiger partial charge on any atom is -0.492 e. The van der Waals surface area contributed by atoms with Crippen molar-refractivity contribution in [2.45, 2.75) is 20.3 Å². The number of halogens is 2. The van der Waals surface area contributed by atoms with E-state index in [0.29, 0.717) is 11.6 Å². The van der Waals surface area contributed by atoms with Gasteiger partial charge in [0.15, 0.2) is 5.96 Å². The first-order chi connectivity index (χ1) is 12.4. The molecule has 0 amide bonds. The Hall–Kier alpha value is -1.48. The molecule has 150 valence electrons. The lowest BCUT2D eigenvalue weighted by molar-refractivity contribution is 0.281. The molecule has 8 heteroatoms. The van der Waals surface area contributed by atoms with E-state index in [0.717, 1.165) is 36.9 Å². The first kappa shape index (κ1) is 23.6. The van der Waals surface area contributed by atoms with Crippen LogP contribution >= 0.6 is 35.6 Å². The molecule has 0 saturated heterocycles. The van der Waals surface area contributed by atoms with Crippen molar-refractivity contribution in [1.29, 1.82) is 0 Å². The summed E-state index contributed by atoms with van der Waals surface area (Å²) in [6.07, 6.45) is 0.916. The Kier molecular flexibility index (Phi) is 9.93. The van der Waals surface area contributed by atoms with Gasteiger partial charge in [0, 0.05) is 38.4 Å². The van der Waals surface area contributed by atoms with Crippen molar-refractivity contribution in [3.8, 4) is 5.75 Å². The quantitative estimate of drug-likeness (QED) is 0.356. The van der Waals surface area contributed by atoms with Gasteiger partial charge in [-0.2, -0.15) is 5.10 Å². The standard InChI is InChI=1S/C19H28ClN5O.HI/c1-14-18(15(2)25(5)23-14)10-11-22-19(21-3)24(4)12-13-26-17-8-6-16(20)7-9-17;/h6-9H,10-13H2,1-5H3,(H,21,22);1H. The van der Waals surface area contributed by atoms with Crippen molar-refractivity contribution in [3.05, 3.63) is 46.2 Å².